The van der Waals surface area contributed by atoms with Crippen molar-refractivity contribution < 1.29 is 4.79 Å². The number of hydrogen-bond donors (Lipinski definition) is 0. The zero-order valence-corrected chi connectivity index (χ0v) is 19.3. The summed E-state index contributed by atoms with van der Waals surface area (Å²) in [5.74, 6) is 0.974. The van der Waals surface area contributed by atoms with Gasteiger partial charge in [-0.15, -0.1) is 0 Å². The van der Waals surface area contributed by atoms with Crippen molar-refractivity contribution in [2.24, 2.45) is 11.8 Å². The first-order valence-electron chi connectivity index (χ1n) is 11.5. The number of hydrogen-bond acceptors (Lipinski definition) is 2. The second-order valence-corrected chi connectivity index (χ2v) is 10.0. The van der Waals surface area contributed by atoms with Gasteiger partial charge in [-0.3, -0.25) is 9.48 Å². The highest BCUT2D eigenvalue weighted by Crippen LogP contribution is 2.34. The van der Waals surface area contributed by atoms with Crippen LogP contribution in [0, 0.1) is 18.8 Å². The molecule has 5 heteroatoms. The third-order valence-electron chi connectivity index (χ3n) is 6.75. The van der Waals surface area contributed by atoms with E-state index >= 15 is 0 Å². The van der Waals surface area contributed by atoms with Gasteiger partial charge in [-0.1, -0.05) is 50.8 Å². The maximum Gasteiger partial charge on any atom is 0.226 e. The molecule has 0 spiro atoms. The van der Waals surface area contributed by atoms with Crippen molar-refractivity contribution in [3.8, 4) is 11.1 Å². The van der Waals surface area contributed by atoms with Crippen LogP contribution in [-0.2, 0) is 17.8 Å². The minimum absolute atomic E-state index is 0.0720. The lowest BCUT2D eigenvalue weighted by molar-refractivity contribution is -0.133. The van der Waals surface area contributed by atoms with Gasteiger partial charge in [-0.2, -0.15) is 5.10 Å². The second kappa shape index (κ2) is 9.13. The predicted octanol–water partition coefficient (Wildman–Crippen LogP) is 5.89. The summed E-state index contributed by atoms with van der Waals surface area (Å²) in [4.78, 5) is 15.3. The fourth-order valence-corrected chi connectivity index (χ4v) is 5.48. The molecule has 1 unspecified atom stereocenters. The number of amides is 1. The number of aromatic nitrogens is 2. The van der Waals surface area contributed by atoms with E-state index < -0.39 is 0 Å². The van der Waals surface area contributed by atoms with Gasteiger partial charge in [-0.05, 0) is 61.3 Å². The van der Waals surface area contributed by atoms with Crippen LogP contribution in [0.25, 0.3) is 11.1 Å². The number of aryl methyl sites for hydroxylation is 1. The van der Waals surface area contributed by atoms with E-state index in [-0.39, 0.29) is 5.92 Å². The number of halogens is 1. The molecule has 0 bridgehead atoms. The molecular formula is C25H34ClN3O. The average Bonchev–Trinajstić information content (AvgIpc) is 3.31. The van der Waals surface area contributed by atoms with Gasteiger partial charge in [0, 0.05) is 41.8 Å². The lowest BCUT2D eigenvalue weighted by Gasteiger charge is -2.31. The Morgan fingerprint density at radius 1 is 1.13 bits per heavy atom. The molecule has 1 saturated heterocycles. The van der Waals surface area contributed by atoms with E-state index in [1.54, 1.807) is 0 Å². The molecule has 1 amide bonds. The van der Waals surface area contributed by atoms with Crippen molar-refractivity contribution in [3.63, 3.8) is 0 Å². The van der Waals surface area contributed by atoms with E-state index in [1.807, 2.05) is 16.9 Å². The highest BCUT2D eigenvalue weighted by Gasteiger charge is 2.36. The largest absolute Gasteiger partial charge is 0.339 e. The summed E-state index contributed by atoms with van der Waals surface area (Å²) in [6, 6.07) is 4.70. The maximum absolute atomic E-state index is 13.1. The molecule has 2 heterocycles. The molecule has 162 valence electrons. The van der Waals surface area contributed by atoms with Crippen molar-refractivity contribution in [2.75, 3.05) is 6.54 Å². The van der Waals surface area contributed by atoms with Gasteiger partial charge in [-0.25, -0.2) is 0 Å². The predicted molar refractivity (Wildman–Crippen MR) is 123 cm³/mol. The van der Waals surface area contributed by atoms with Crippen LogP contribution in [0.2, 0.25) is 5.02 Å². The quantitative estimate of drug-likeness (QED) is 0.576. The van der Waals surface area contributed by atoms with E-state index in [0.717, 1.165) is 53.2 Å². The normalized spacial score (nSPS) is 20.5. The van der Waals surface area contributed by atoms with Gasteiger partial charge in [0.2, 0.25) is 5.91 Å². The number of likely N-dealkylation sites (tertiary alicyclic amines) is 1. The summed E-state index contributed by atoms with van der Waals surface area (Å²) in [5, 5.41) is 5.25. The minimum atomic E-state index is 0.0720. The van der Waals surface area contributed by atoms with E-state index in [2.05, 4.69) is 43.0 Å². The number of benzene rings is 1. The monoisotopic (exact) mass is 427 g/mol. The standard InChI is InChI=1S/C25H34ClN3O/c1-17(2)15-28-16-21(14-27-28)20-11-18(3)23(24(26)13-20)12-19-9-10-29(25(19)30)22-7-5-4-6-8-22/h11,13-14,16-17,19,22H,4-10,12,15H2,1-3H3. The molecule has 1 aliphatic carbocycles. The summed E-state index contributed by atoms with van der Waals surface area (Å²) in [5.41, 5.74) is 4.47. The summed E-state index contributed by atoms with van der Waals surface area (Å²) in [6.07, 6.45) is 11.9. The first-order chi connectivity index (χ1) is 14.4. The Hall–Kier alpha value is -1.81. The van der Waals surface area contributed by atoms with E-state index in [9.17, 15) is 4.79 Å². The van der Waals surface area contributed by atoms with Crippen LogP contribution in [-0.4, -0.2) is 33.2 Å². The fourth-order valence-electron chi connectivity index (χ4n) is 5.14. The summed E-state index contributed by atoms with van der Waals surface area (Å²) in [7, 11) is 0. The maximum atomic E-state index is 13.1. The molecular weight excluding hydrogens is 394 g/mol. The van der Waals surface area contributed by atoms with Crippen molar-refractivity contribution in [3.05, 3.63) is 40.7 Å². The molecule has 2 aliphatic rings. The van der Waals surface area contributed by atoms with Crippen molar-refractivity contribution in [2.45, 2.75) is 78.3 Å². The van der Waals surface area contributed by atoms with Gasteiger partial charge >= 0.3 is 0 Å². The SMILES string of the molecule is Cc1cc(-c2cnn(CC(C)C)c2)cc(Cl)c1CC1CCN(C2CCCCC2)C1=O. The molecule has 2 fully saturated rings. The molecule has 0 N–H and O–H groups in total. The number of nitrogens with zero attached hydrogens (tertiary/aromatic N) is 3. The smallest absolute Gasteiger partial charge is 0.226 e. The van der Waals surface area contributed by atoms with Crippen molar-refractivity contribution in [1.82, 2.24) is 14.7 Å². The fraction of sp³-hybridized carbons (Fsp3) is 0.600. The molecule has 2 aromatic rings. The minimum Gasteiger partial charge on any atom is -0.339 e. The molecule has 1 aromatic carbocycles. The van der Waals surface area contributed by atoms with Crippen LogP contribution in [0.4, 0.5) is 0 Å². The molecule has 4 rings (SSSR count). The Balaban J connectivity index is 1.47. The first-order valence-corrected chi connectivity index (χ1v) is 11.9. The average molecular weight is 428 g/mol. The van der Waals surface area contributed by atoms with Crippen LogP contribution in [0.3, 0.4) is 0 Å². The van der Waals surface area contributed by atoms with Gasteiger partial charge in [0.15, 0.2) is 0 Å². The van der Waals surface area contributed by atoms with Crippen molar-refractivity contribution in [1.29, 1.82) is 0 Å². The van der Waals surface area contributed by atoms with Crippen LogP contribution in [0.15, 0.2) is 24.5 Å². The second-order valence-electron chi connectivity index (χ2n) is 9.61. The molecule has 1 aromatic heterocycles. The summed E-state index contributed by atoms with van der Waals surface area (Å²) < 4.78 is 1.99. The van der Waals surface area contributed by atoms with Gasteiger partial charge in [0.25, 0.3) is 0 Å². The van der Waals surface area contributed by atoms with Crippen LogP contribution in [0.5, 0.6) is 0 Å². The Labute approximate surface area is 185 Å². The van der Waals surface area contributed by atoms with Gasteiger partial charge in [0.1, 0.15) is 0 Å². The third kappa shape index (κ3) is 4.59. The summed E-state index contributed by atoms with van der Waals surface area (Å²) in [6.45, 7) is 8.32. The number of carbonyl (C=O) groups excluding carboxylic acids is 1. The summed E-state index contributed by atoms with van der Waals surface area (Å²) >= 11 is 6.73. The number of carbonyl (C=O) groups is 1. The Morgan fingerprint density at radius 2 is 1.90 bits per heavy atom. The van der Waals surface area contributed by atoms with Crippen LogP contribution in [0.1, 0.15) is 63.5 Å². The molecule has 1 saturated carbocycles. The molecule has 0 radical (unpaired) electrons. The van der Waals surface area contributed by atoms with Crippen LogP contribution >= 0.6 is 11.6 Å². The number of rotatable bonds is 6. The van der Waals surface area contributed by atoms with E-state index in [1.165, 1.54) is 32.1 Å². The molecule has 1 aliphatic heterocycles. The van der Waals surface area contributed by atoms with Crippen molar-refractivity contribution >= 4 is 17.5 Å². The Bertz CT molecular complexity index is 875. The highest BCUT2D eigenvalue weighted by atomic mass is 35.5. The van der Waals surface area contributed by atoms with E-state index in [4.69, 9.17) is 11.6 Å². The highest BCUT2D eigenvalue weighted by molar-refractivity contribution is 6.31. The Kier molecular flexibility index (Phi) is 6.52. The Morgan fingerprint density at radius 3 is 2.60 bits per heavy atom. The van der Waals surface area contributed by atoms with Crippen LogP contribution < -0.4 is 0 Å². The lowest BCUT2D eigenvalue weighted by atomic mass is 9.92. The molecule has 1 atom stereocenters. The van der Waals surface area contributed by atoms with Gasteiger partial charge < -0.3 is 4.90 Å². The van der Waals surface area contributed by atoms with Gasteiger partial charge in [0.05, 0.1) is 6.20 Å². The zero-order valence-electron chi connectivity index (χ0n) is 18.5. The lowest BCUT2D eigenvalue weighted by Crippen LogP contribution is -2.39. The zero-order chi connectivity index (χ0) is 21.3. The topological polar surface area (TPSA) is 38.1 Å². The first kappa shape index (κ1) is 21.4. The molecule has 30 heavy (non-hydrogen) atoms. The molecule has 4 nitrogen and oxygen atoms in total. The van der Waals surface area contributed by atoms with E-state index in [0.29, 0.717) is 17.9 Å². The third-order valence-corrected chi connectivity index (χ3v) is 7.09.